The summed E-state index contributed by atoms with van der Waals surface area (Å²) in [6.45, 7) is 0.500. The summed E-state index contributed by atoms with van der Waals surface area (Å²) in [5, 5.41) is 3.15. The first-order chi connectivity index (χ1) is 15.5. The van der Waals surface area contributed by atoms with E-state index in [1.165, 1.54) is 23.9 Å². The molecule has 3 aromatic carbocycles. The molecule has 0 aromatic heterocycles. The van der Waals surface area contributed by atoms with E-state index in [4.69, 9.17) is 16.3 Å². The third-order valence-electron chi connectivity index (χ3n) is 5.14. The number of amides is 2. The molecule has 0 spiro atoms. The molecule has 1 N–H and O–H groups in total. The van der Waals surface area contributed by atoms with Gasteiger partial charge < -0.3 is 15.0 Å². The molecule has 1 heterocycles. The average molecular weight is 471 g/mol. The van der Waals surface area contributed by atoms with Crippen molar-refractivity contribution < 1.29 is 18.7 Å². The molecule has 5 nitrogen and oxygen atoms in total. The molecular weight excluding hydrogens is 451 g/mol. The Morgan fingerprint density at radius 1 is 1.16 bits per heavy atom. The number of para-hydroxylation sites is 1. The molecule has 3 aromatic rings. The Balaban J connectivity index is 1.56. The molecule has 0 radical (unpaired) electrons. The van der Waals surface area contributed by atoms with Crippen LogP contribution in [0.5, 0.6) is 5.75 Å². The summed E-state index contributed by atoms with van der Waals surface area (Å²) in [7, 11) is 1.58. The number of benzene rings is 3. The maximum Gasteiger partial charge on any atom is 0.251 e. The largest absolute Gasteiger partial charge is 0.496 e. The van der Waals surface area contributed by atoms with Crippen molar-refractivity contribution >= 4 is 40.9 Å². The van der Waals surface area contributed by atoms with E-state index in [2.05, 4.69) is 5.32 Å². The minimum absolute atomic E-state index is 0.102. The number of hydrogen-bond acceptors (Lipinski definition) is 4. The van der Waals surface area contributed by atoms with E-state index in [1.807, 2.05) is 30.3 Å². The molecule has 1 aliphatic rings. The number of carbonyl (C=O) groups excluding carboxylic acids is 2. The van der Waals surface area contributed by atoms with Crippen LogP contribution in [0.15, 0.2) is 65.6 Å². The van der Waals surface area contributed by atoms with Gasteiger partial charge in [0.25, 0.3) is 5.91 Å². The highest BCUT2D eigenvalue weighted by Gasteiger charge is 2.26. The SMILES string of the molecule is COc1ccccc1CNC(=O)c1ccc2c(c1)N(Cc1ccc(F)cc1Cl)C(=O)CS2. The number of rotatable bonds is 6. The van der Waals surface area contributed by atoms with E-state index in [0.717, 1.165) is 10.5 Å². The topological polar surface area (TPSA) is 58.6 Å². The Bertz CT molecular complexity index is 1190. The molecular formula is C24H20ClFN2O3S. The number of carbonyl (C=O) groups is 2. The smallest absolute Gasteiger partial charge is 0.251 e. The van der Waals surface area contributed by atoms with E-state index < -0.39 is 5.82 Å². The minimum atomic E-state index is -0.436. The third kappa shape index (κ3) is 4.74. The first kappa shape index (κ1) is 22.2. The zero-order valence-electron chi connectivity index (χ0n) is 17.2. The zero-order chi connectivity index (χ0) is 22.7. The van der Waals surface area contributed by atoms with Gasteiger partial charge in [-0.2, -0.15) is 0 Å². The van der Waals surface area contributed by atoms with Crippen LogP contribution >= 0.6 is 23.4 Å². The van der Waals surface area contributed by atoms with E-state index in [0.29, 0.717) is 29.1 Å². The minimum Gasteiger partial charge on any atom is -0.496 e. The molecule has 4 rings (SSSR count). The summed E-state index contributed by atoms with van der Waals surface area (Å²) in [6, 6.07) is 16.8. The van der Waals surface area contributed by atoms with Crippen molar-refractivity contribution in [2.24, 2.45) is 0 Å². The molecule has 0 saturated heterocycles. The van der Waals surface area contributed by atoms with Crippen LogP contribution in [0.4, 0.5) is 10.1 Å². The third-order valence-corrected chi connectivity index (χ3v) is 6.54. The summed E-state index contributed by atoms with van der Waals surface area (Å²) in [6.07, 6.45) is 0. The summed E-state index contributed by atoms with van der Waals surface area (Å²) < 4.78 is 18.7. The Morgan fingerprint density at radius 3 is 2.75 bits per heavy atom. The van der Waals surface area contributed by atoms with Gasteiger partial charge in [0.15, 0.2) is 0 Å². The lowest BCUT2D eigenvalue weighted by Gasteiger charge is -2.29. The highest BCUT2D eigenvalue weighted by atomic mass is 35.5. The number of thioether (sulfide) groups is 1. The summed E-state index contributed by atoms with van der Waals surface area (Å²) in [4.78, 5) is 28.0. The number of nitrogens with one attached hydrogen (secondary N) is 1. The van der Waals surface area contributed by atoms with Crippen molar-refractivity contribution in [3.05, 3.63) is 88.2 Å². The quantitative estimate of drug-likeness (QED) is 0.547. The van der Waals surface area contributed by atoms with Gasteiger partial charge in [0.1, 0.15) is 11.6 Å². The molecule has 1 aliphatic heterocycles. The molecule has 0 fully saturated rings. The van der Waals surface area contributed by atoms with Crippen molar-refractivity contribution in [1.29, 1.82) is 0 Å². The van der Waals surface area contributed by atoms with Crippen LogP contribution in [-0.4, -0.2) is 24.7 Å². The van der Waals surface area contributed by atoms with Crippen molar-refractivity contribution in [2.75, 3.05) is 17.8 Å². The number of nitrogens with zero attached hydrogens (tertiary/aromatic N) is 1. The van der Waals surface area contributed by atoms with Crippen molar-refractivity contribution in [3.8, 4) is 5.75 Å². The molecule has 0 aliphatic carbocycles. The summed E-state index contributed by atoms with van der Waals surface area (Å²) in [5.74, 6) is 0.178. The Hall–Kier alpha value is -3.03. The van der Waals surface area contributed by atoms with Crippen LogP contribution in [0.3, 0.4) is 0 Å². The van der Waals surface area contributed by atoms with E-state index in [-0.39, 0.29) is 29.1 Å². The van der Waals surface area contributed by atoms with Crippen LogP contribution in [0, 0.1) is 5.82 Å². The van der Waals surface area contributed by atoms with Gasteiger partial charge >= 0.3 is 0 Å². The number of hydrogen-bond donors (Lipinski definition) is 1. The molecule has 0 unspecified atom stereocenters. The second-order valence-electron chi connectivity index (χ2n) is 7.18. The second kappa shape index (κ2) is 9.63. The molecule has 32 heavy (non-hydrogen) atoms. The predicted octanol–water partition coefficient (Wildman–Crippen LogP) is 5.06. The standard InChI is InChI=1S/C24H20ClFN2O3S/c1-31-21-5-3-2-4-16(21)12-27-24(30)15-7-9-22-20(10-15)28(23(29)14-32-22)13-17-6-8-18(26)11-19(17)25/h2-11H,12-14H2,1H3,(H,27,30). The number of ether oxygens (including phenoxy) is 1. The van der Waals surface area contributed by atoms with Gasteiger partial charge in [-0.3, -0.25) is 9.59 Å². The van der Waals surface area contributed by atoms with E-state index >= 15 is 0 Å². The number of halogens is 2. The summed E-state index contributed by atoms with van der Waals surface area (Å²) in [5.41, 5.74) is 2.56. The maximum atomic E-state index is 13.4. The van der Waals surface area contributed by atoms with Crippen LogP contribution in [-0.2, 0) is 17.9 Å². The lowest BCUT2D eigenvalue weighted by atomic mass is 10.1. The van der Waals surface area contributed by atoms with Crippen molar-refractivity contribution in [1.82, 2.24) is 5.32 Å². The molecule has 0 atom stereocenters. The zero-order valence-corrected chi connectivity index (χ0v) is 18.8. The van der Waals surface area contributed by atoms with Gasteiger partial charge in [0.2, 0.25) is 5.91 Å². The normalized spacial score (nSPS) is 13.0. The fourth-order valence-corrected chi connectivity index (χ4v) is 4.61. The monoisotopic (exact) mass is 470 g/mol. The highest BCUT2D eigenvalue weighted by Crippen LogP contribution is 2.37. The van der Waals surface area contributed by atoms with Gasteiger partial charge in [0, 0.05) is 27.6 Å². The fourth-order valence-electron chi connectivity index (χ4n) is 3.46. The fraction of sp³-hybridized carbons (Fsp3) is 0.167. The first-order valence-electron chi connectivity index (χ1n) is 9.87. The van der Waals surface area contributed by atoms with Crippen LogP contribution in [0.25, 0.3) is 0 Å². The number of methoxy groups -OCH3 is 1. The molecule has 0 saturated carbocycles. The first-order valence-corrected chi connectivity index (χ1v) is 11.2. The van der Waals surface area contributed by atoms with Gasteiger partial charge in [0.05, 0.1) is 25.1 Å². The van der Waals surface area contributed by atoms with Crippen LogP contribution in [0.1, 0.15) is 21.5 Å². The molecule has 2 amide bonds. The van der Waals surface area contributed by atoms with Crippen LogP contribution < -0.4 is 15.0 Å². The maximum absolute atomic E-state index is 13.4. The van der Waals surface area contributed by atoms with E-state index in [1.54, 1.807) is 30.2 Å². The van der Waals surface area contributed by atoms with Crippen LogP contribution in [0.2, 0.25) is 5.02 Å². The van der Waals surface area contributed by atoms with E-state index in [9.17, 15) is 14.0 Å². The number of anilines is 1. The molecule has 8 heteroatoms. The van der Waals surface area contributed by atoms with Crippen molar-refractivity contribution in [3.63, 3.8) is 0 Å². The predicted molar refractivity (Wildman–Crippen MR) is 124 cm³/mol. The highest BCUT2D eigenvalue weighted by molar-refractivity contribution is 8.00. The lowest BCUT2D eigenvalue weighted by molar-refractivity contribution is -0.116. The Morgan fingerprint density at radius 2 is 1.97 bits per heavy atom. The number of fused-ring (bicyclic) bond motifs is 1. The lowest BCUT2D eigenvalue weighted by Crippen LogP contribution is -2.35. The van der Waals surface area contributed by atoms with Gasteiger partial charge in [-0.05, 0) is 42.0 Å². The second-order valence-corrected chi connectivity index (χ2v) is 8.61. The summed E-state index contributed by atoms with van der Waals surface area (Å²) >= 11 is 7.59. The Kier molecular flexibility index (Phi) is 6.67. The Labute approximate surface area is 194 Å². The molecule has 0 bridgehead atoms. The van der Waals surface area contributed by atoms with Gasteiger partial charge in [-0.1, -0.05) is 35.9 Å². The van der Waals surface area contributed by atoms with Crippen molar-refractivity contribution in [2.45, 2.75) is 18.0 Å². The molecule has 164 valence electrons. The van der Waals surface area contributed by atoms with Gasteiger partial charge in [-0.25, -0.2) is 4.39 Å². The average Bonchev–Trinajstić information content (AvgIpc) is 2.80. The van der Waals surface area contributed by atoms with Gasteiger partial charge in [-0.15, -0.1) is 11.8 Å².